The van der Waals surface area contributed by atoms with E-state index in [9.17, 15) is 4.79 Å². The molecule has 1 N–H and O–H groups in total. The molecular weight excluding hydrogens is 172 g/mol. The Bertz CT molecular complexity index is 339. The van der Waals surface area contributed by atoms with Crippen LogP contribution in [0.25, 0.3) is 0 Å². The Kier molecular flexibility index (Phi) is 2.97. The van der Waals surface area contributed by atoms with Gasteiger partial charge >= 0.3 is 5.97 Å². The zero-order chi connectivity index (χ0) is 9.68. The van der Waals surface area contributed by atoms with E-state index in [0.29, 0.717) is 5.82 Å². The Morgan fingerprint density at radius 1 is 1.77 bits per heavy atom. The van der Waals surface area contributed by atoms with Crippen molar-refractivity contribution in [1.82, 2.24) is 15.2 Å². The van der Waals surface area contributed by atoms with Crippen LogP contribution in [0.2, 0.25) is 0 Å². The van der Waals surface area contributed by atoms with Crippen molar-refractivity contribution < 1.29 is 9.53 Å². The van der Waals surface area contributed by atoms with Crippen LogP contribution in [0, 0.1) is 11.3 Å². The molecule has 0 fully saturated rings. The number of carbonyl (C=O) groups excluding carboxylic acids is 1. The zero-order valence-electron chi connectivity index (χ0n) is 7.07. The first kappa shape index (κ1) is 9.19. The van der Waals surface area contributed by atoms with Gasteiger partial charge in [0.1, 0.15) is 5.82 Å². The van der Waals surface area contributed by atoms with Gasteiger partial charge in [0.05, 0.1) is 19.1 Å². The van der Waals surface area contributed by atoms with Gasteiger partial charge in [-0.05, 0) is 6.92 Å². The third kappa shape index (κ3) is 2.27. The fourth-order valence-corrected chi connectivity index (χ4v) is 0.736. The highest BCUT2D eigenvalue weighted by molar-refractivity contribution is 5.84. The average Bonchev–Trinajstić information content (AvgIpc) is 2.54. The van der Waals surface area contributed by atoms with E-state index in [1.807, 2.05) is 6.07 Å². The maximum absolute atomic E-state index is 11.0. The van der Waals surface area contributed by atoms with Crippen LogP contribution < -0.4 is 0 Å². The fourth-order valence-electron chi connectivity index (χ4n) is 0.736. The lowest BCUT2D eigenvalue weighted by Gasteiger charge is -1.93. The molecule has 0 saturated carbocycles. The van der Waals surface area contributed by atoms with Gasteiger partial charge in [0.15, 0.2) is 0 Å². The summed E-state index contributed by atoms with van der Waals surface area (Å²) in [5.74, 6) is -0.249. The van der Waals surface area contributed by atoms with Crippen molar-refractivity contribution in [2.45, 2.75) is 13.3 Å². The maximum atomic E-state index is 11.0. The predicted octanol–water partition coefficient (Wildman–Crippen LogP) is 0.0475. The van der Waals surface area contributed by atoms with Gasteiger partial charge in [-0.15, -0.1) is 5.10 Å². The van der Waals surface area contributed by atoms with Gasteiger partial charge in [-0.2, -0.15) is 5.26 Å². The summed E-state index contributed by atoms with van der Waals surface area (Å²) in [6.45, 7) is 1.97. The average molecular weight is 180 g/mol. The molecule has 13 heavy (non-hydrogen) atoms. The van der Waals surface area contributed by atoms with Crippen molar-refractivity contribution >= 4 is 5.97 Å². The number of hydrogen-bond acceptors (Lipinski definition) is 5. The smallest absolute Gasteiger partial charge is 0.378 e. The quantitative estimate of drug-likeness (QED) is 0.663. The minimum absolute atomic E-state index is 0.0351. The van der Waals surface area contributed by atoms with E-state index < -0.39 is 5.97 Å². The summed E-state index contributed by atoms with van der Waals surface area (Å²) < 4.78 is 4.65. The molecule has 1 heterocycles. The normalized spacial score (nSPS) is 9.23. The van der Waals surface area contributed by atoms with Gasteiger partial charge in [0.25, 0.3) is 5.82 Å². The molecule has 0 aliphatic rings. The van der Waals surface area contributed by atoms with Crippen LogP contribution in [0.1, 0.15) is 23.4 Å². The monoisotopic (exact) mass is 180 g/mol. The van der Waals surface area contributed by atoms with Crippen LogP contribution in [-0.4, -0.2) is 27.8 Å². The maximum Gasteiger partial charge on any atom is 0.378 e. The summed E-state index contributed by atoms with van der Waals surface area (Å²) >= 11 is 0. The van der Waals surface area contributed by atoms with E-state index in [4.69, 9.17) is 5.26 Å². The Morgan fingerprint density at radius 3 is 3.15 bits per heavy atom. The molecule has 0 aliphatic heterocycles. The van der Waals surface area contributed by atoms with Gasteiger partial charge in [0.2, 0.25) is 0 Å². The number of carbonyl (C=O) groups is 1. The van der Waals surface area contributed by atoms with E-state index in [0.717, 1.165) is 0 Å². The van der Waals surface area contributed by atoms with Crippen LogP contribution in [0.5, 0.6) is 0 Å². The Labute approximate surface area is 74.5 Å². The van der Waals surface area contributed by atoms with Crippen molar-refractivity contribution in [3.63, 3.8) is 0 Å². The zero-order valence-corrected chi connectivity index (χ0v) is 7.07. The molecule has 1 aromatic heterocycles. The SMILES string of the molecule is CCOC(=O)c1n[nH]c(CC#N)n1. The molecule has 0 unspecified atom stereocenters. The standard InChI is InChI=1S/C7H8N4O2/c1-2-13-7(12)6-9-5(3-4-8)10-11-6/h2-3H2,1H3,(H,9,10,11). The molecule has 0 spiro atoms. The number of aromatic amines is 1. The first-order valence-corrected chi connectivity index (χ1v) is 3.73. The predicted molar refractivity (Wildman–Crippen MR) is 41.7 cm³/mol. The van der Waals surface area contributed by atoms with Crippen LogP contribution in [0.15, 0.2) is 0 Å². The molecular formula is C7H8N4O2. The molecule has 1 aromatic rings. The molecule has 0 saturated heterocycles. The molecule has 0 amide bonds. The van der Waals surface area contributed by atoms with Gasteiger partial charge in [-0.3, -0.25) is 5.10 Å². The van der Waals surface area contributed by atoms with Crippen molar-refractivity contribution in [3.05, 3.63) is 11.6 Å². The molecule has 0 aliphatic carbocycles. The fraction of sp³-hybridized carbons (Fsp3) is 0.429. The third-order valence-corrected chi connectivity index (χ3v) is 1.24. The van der Waals surface area contributed by atoms with Gasteiger partial charge < -0.3 is 4.74 Å². The molecule has 0 atom stereocenters. The molecule has 68 valence electrons. The summed E-state index contributed by atoms with van der Waals surface area (Å²) in [4.78, 5) is 14.8. The molecule has 6 nitrogen and oxygen atoms in total. The molecule has 0 radical (unpaired) electrons. The lowest BCUT2D eigenvalue weighted by Crippen LogP contribution is -2.06. The molecule has 0 bridgehead atoms. The number of hydrogen-bond donors (Lipinski definition) is 1. The highest BCUT2D eigenvalue weighted by atomic mass is 16.5. The summed E-state index contributed by atoms with van der Waals surface area (Å²) in [5, 5.41) is 14.4. The van der Waals surface area contributed by atoms with E-state index in [2.05, 4.69) is 19.9 Å². The second kappa shape index (κ2) is 4.21. The Hall–Kier alpha value is -1.90. The second-order valence-corrected chi connectivity index (χ2v) is 2.16. The Balaban J connectivity index is 2.69. The van der Waals surface area contributed by atoms with Crippen LogP contribution >= 0.6 is 0 Å². The number of esters is 1. The van der Waals surface area contributed by atoms with Gasteiger partial charge in [-0.1, -0.05) is 0 Å². The molecule has 0 aromatic carbocycles. The number of nitriles is 1. The minimum Gasteiger partial charge on any atom is -0.460 e. The Morgan fingerprint density at radius 2 is 2.54 bits per heavy atom. The molecule has 6 heteroatoms. The van der Waals surface area contributed by atoms with Crippen LogP contribution in [0.4, 0.5) is 0 Å². The van der Waals surface area contributed by atoms with Crippen molar-refractivity contribution in [2.24, 2.45) is 0 Å². The van der Waals surface area contributed by atoms with Crippen LogP contribution in [-0.2, 0) is 11.2 Å². The van der Waals surface area contributed by atoms with Crippen LogP contribution in [0.3, 0.4) is 0 Å². The van der Waals surface area contributed by atoms with E-state index in [1.165, 1.54) is 0 Å². The summed E-state index contributed by atoms with van der Waals surface area (Å²) in [6.07, 6.45) is 0.104. The number of nitrogens with one attached hydrogen (secondary N) is 1. The third-order valence-electron chi connectivity index (χ3n) is 1.24. The number of nitrogens with zero attached hydrogens (tertiary/aromatic N) is 3. The minimum atomic E-state index is -0.581. The van der Waals surface area contributed by atoms with Crippen molar-refractivity contribution in [1.29, 1.82) is 5.26 Å². The number of H-pyrrole nitrogens is 1. The number of rotatable bonds is 3. The topological polar surface area (TPSA) is 91.7 Å². The first-order chi connectivity index (χ1) is 6.27. The highest BCUT2D eigenvalue weighted by Crippen LogP contribution is 1.95. The van der Waals surface area contributed by atoms with E-state index >= 15 is 0 Å². The second-order valence-electron chi connectivity index (χ2n) is 2.16. The first-order valence-electron chi connectivity index (χ1n) is 3.73. The van der Waals surface area contributed by atoms with Gasteiger partial charge in [-0.25, -0.2) is 9.78 Å². The number of aromatic nitrogens is 3. The summed E-state index contributed by atoms with van der Waals surface area (Å²) in [6, 6.07) is 1.88. The largest absolute Gasteiger partial charge is 0.460 e. The summed E-state index contributed by atoms with van der Waals surface area (Å²) in [5.41, 5.74) is 0. The van der Waals surface area contributed by atoms with E-state index in [-0.39, 0.29) is 18.9 Å². The highest BCUT2D eigenvalue weighted by Gasteiger charge is 2.12. The van der Waals surface area contributed by atoms with Crippen molar-refractivity contribution in [3.8, 4) is 6.07 Å². The molecule has 1 rings (SSSR count). The lowest BCUT2D eigenvalue weighted by molar-refractivity contribution is 0.0512. The lowest BCUT2D eigenvalue weighted by atomic mass is 10.4. The summed E-state index contributed by atoms with van der Waals surface area (Å²) in [7, 11) is 0. The van der Waals surface area contributed by atoms with Crippen molar-refractivity contribution in [2.75, 3.05) is 6.61 Å². The van der Waals surface area contributed by atoms with E-state index in [1.54, 1.807) is 6.92 Å². The van der Waals surface area contributed by atoms with Gasteiger partial charge in [0, 0.05) is 0 Å². The number of ether oxygens (including phenoxy) is 1.